The van der Waals surface area contributed by atoms with Gasteiger partial charge in [0.15, 0.2) is 5.60 Å². The first kappa shape index (κ1) is 13.1. The first-order valence-corrected chi connectivity index (χ1v) is 4.77. The standard InChI is InChI=1S/C9H13N3O5/c1-6-4-11(10-7(6)12(15)16)5-9(2,14)8(13)17-3/h4,14H,5H2,1-3H3. The van der Waals surface area contributed by atoms with Gasteiger partial charge in [0.1, 0.15) is 6.54 Å². The Kier molecular flexibility index (Phi) is 3.47. The van der Waals surface area contributed by atoms with E-state index in [0.717, 1.165) is 11.8 Å². The fourth-order valence-corrected chi connectivity index (χ4v) is 1.37. The molecule has 1 aromatic rings. The van der Waals surface area contributed by atoms with Gasteiger partial charge in [-0.15, -0.1) is 0 Å². The van der Waals surface area contributed by atoms with Gasteiger partial charge in [0.25, 0.3) is 0 Å². The molecule has 1 heterocycles. The number of aromatic nitrogens is 2. The maximum atomic E-state index is 11.2. The molecular formula is C9H13N3O5. The van der Waals surface area contributed by atoms with E-state index in [0.29, 0.717) is 5.56 Å². The zero-order chi connectivity index (χ0) is 13.2. The van der Waals surface area contributed by atoms with Gasteiger partial charge < -0.3 is 20.0 Å². The van der Waals surface area contributed by atoms with Crippen LogP contribution in [0.1, 0.15) is 12.5 Å². The highest BCUT2D eigenvalue weighted by molar-refractivity contribution is 5.78. The number of carbonyl (C=O) groups is 1. The van der Waals surface area contributed by atoms with Crippen LogP contribution in [0.2, 0.25) is 0 Å². The Labute approximate surface area is 97.0 Å². The minimum Gasteiger partial charge on any atom is -0.467 e. The minimum atomic E-state index is -1.78. The lowest BCUT2D eigenvalue weighted by atomic mass is 10.1. The SMILES string of the molecule is COC(=O)C(C)(O)Cn1cc(C)c([N+](=O)[O-])n1. The zero-order valence-corrected chi connectivity index (χ0v) is 9.71. The number of aryl methyl sites for hydroxylation is 1. The monoisotopic (exact) mass is 243 g/mol. The predicted octanol–water partition coefficient (Wildman–Crippen LogP) is 0.0237. The lowest BCUT2D eigenvalue weighted by Crippen LogP contribution is -2.40. The third-order valence-corrected chi connectivity index (χ3v) is 2.19. The summed E-state index contributed by atoms with van der Waals surface area (Å²) < 4.78 is 5.55. The molecule has 0 aliphatic heterocycles. The van der Waals surface area contributed by atoms with Gasteiger partial charge in [-0.3, -0.25) is 0 Å². The first-order chi connectivity index (χ1) is 7.77. The van der Waals surface area contributed by atoms with Crippen molar-refractivity contribution in [3.63, 3.8) is 0 Å². The molecule has 8 nitrogen and oxygen atoms in total. The van der Waals surface area contributed by atoms with Gasteiger partial charge in [-0.05, 0) is 18.8 Å². The van der Waals surface area contributed by atoms with Crippen molar-refractivity contribution in [2.24, 2.45) is 0 Å². The number of nitrogens with zero attached hydrogens (tertiary/aromatic N) is 3. The van der Waals surface area contributed by atoms with E-state index < -0.39 is 16.5 Å². The van der Waals surface area contributed by atoms with Crippen molar-refractivity contribution in [3.05, 3.63) is 21.9 Å². The fraction of sp³-hybridized carbons (Fsp3) is 0.556. The number of carbonyl (C=O) groups excluding carboxylic acids is 1. The Morgan fingerprint density at radius 3 is 2.76 bits per heavy atom. The first-order valence-electron chi connectivity index (χ1n) is 4.77. The van der Waals surface area contributed by atoms with Crippen molar-refractivity contribution < 1.29 is 19.6 Å². The molecule has 1 aromatic heterocycles. The molecule has 0 aromatic carbocycles. The summed E-state index contributed by atoms with van der Waals surface area (Å²) in [5, 5.41) is 24.0. The number of rotatable bonds is 4. The summed E-state index contributed by atoms with van der Waals surface area (Å²) in [6.07, 6.45) is 1.38. The largest absolute Gasteiger partial charge is 0.467 e. The van der Waals surface area contributed by atoms with E-state index in [2.05, 4.69) is 9.84 Å². The molecular weight excluding hydrogens is 230 g/mol. The molecule has 1 N–H and O–H groups in total. The number of ether oxygens (including phenoxy) is 1. The molecule has 0 amide bonds. The molecule has 0 spiro atoms. The number of nitro groups is 1. The van der Waals surface area contributed by atoms with Crippen LogP contribution in [0.5, 0.6) is 0 Å². The van der Waals surface area contributed by atoms with Gasteiger partial charge in [-0.2, -0.15) is 4.68 Å². The number of hydrogen-bond acceptors (Lipinski definition) is 6. The molecule has 1 unspecified atom stereocenters. The molecule has 0 bridgehead atoms. The number of methoxy groups -OCH3 is 1. The molecule has 0 radical (unpaired) electrons. The molecule has 0 aliphatic carbocycles. The molecule has 8 heteroatoms. The molecule has 0 aliphatic rings. The molecule has 0 fully saturated rings. The summed E-state index contributed by atoms with van der Waals surface area (Å²) >= 11 is 0. The van der Waals surface area contributed by atoms with E-state index in [1.807, 2.05) is 0 Å². The van der Waals surface area contributed by atoms with Crippen LogP contribution >= 0.6 is 0 Å². The molecule has 17 heavy (non-hydrogen) atoms. The van der Waals surface area contributed by atoms with Crippen LogP contribution in [-0.2, 0) is 16.1 Å². The average Bonchev–Trinajstić information content (AvgIpc) is 2.57. The Balaban J connectivity index is 2.93. The van der Waals surface area contributed by atoms with E-state index in [9.17, 15) is 20.0 Å². The van der Waals surface area contributed by atoms with E-state index in [1.165, 1.54) is 20.0 Å². The third kappa shape index (κ3) is 2.78. The van der Waals surface area contributed by atoms with Gasteiger partial charge in [0.2, 0.25) is 0 Å². The van der Waals surface area contributed by atoms with Crippen LogP contribution in [0, 0.1) is 17.0 Å². The van der Waals surface area contributed by atoms with Crippen molar-refractivity contribution in [2.45, 2.75) is 26.0 Å². The smallest absolute Gasteiger partial charge is 0.392 e. The fourth-order valence-electron chi connectivity index (χ4n) is 1.37. The maximum absolute atomic E-state index is 11.2. The second-order valence-electron chi connectivity index (χ2n) is 3.86. The van der Waals surface area contributed by atoms with Crippen molar-refractivity contribution in [2.75, 3.05) is 7.11 Å². The van der Waals surface area contributed by atoms with Gasteiger partial charge in [-0.1, -0.05) is 0 Å². The summed E-state index contributed by atoms with van der Waals surface area (Å²) in [4.78, 5) is 21.2. The van der Waals surface area contributed by atoms with Crippen LogP contribution in [0.4, 0.5) is 5.82 Å². The molecule has 1 atom stereocenters. The Morgan fingerprint density at radius 1 is 1.76 bits per heavy atom. The minimum absolute atomic E-state index is 0.214. The quantitative estimate of drug-likeness (QED) is 0.454. The summed E-state index contributed by atoms with van der Waals surface area (Å²) in [6, 6.07) is 0. The summed E-state index contributed by atoms with van der Waals surface area (Å²) in [5.41, 5.74) is -1.42. The van der Waals surface area contributed by atoms with E-state index in [-0.39, 0.29) is 12.4 Å². The predicted molar refractivity (Wildman–Crippen MR) is 56.3 cm³/mol. The lowest BCUT2D eigenvalue weighted by molar-refractivity contribution is -0.390. The second kappa shape index (κ2) is 4.50. The van der Waals surface area contributed by atoms with Gasteiger partial charge >= 0.3 is 11.8 Å². The highest BCUT2D eigenvalue weighted by Gasteiger charge is 2.34. The zero-order valence-electron chi connectivity index (χ0n) is 9.71. The Hall–Kier alpha value is -1.96. The molecule has 1 rings (SSSR count). The molecule has 94 valence electrons. The summed E-state index contributed by atoms with van der Waals surface area (Å²) in [6.45, 7) is 2.56. The van der Waals surface area contributed by atoms with E-state index in [1.54, 1.807) is 0 Å². The summed E-state index contributed by atoms with van der Waals surface area (Å²) in [7, 11) is 1.15. The average molecular weight is 243 g/mol. The van der Waals surface area contributed by atoms with Crippen molar-refractivity contribution in [1.29, 1.82) is 0 Å². The van der Waals surface area contributed by atoms with Crippen LogP contribution in [0.3, 0.4) is 0 Å². The molecule has 0 saturated carbocycles. The van der Waals surface area contributed by atoms with E-state index in [4.69, 9.17) is 0 Å². The Morgan fingerprint density at radius 2 is 2.35 bits per heavy atom. The highest BCUT2D eigenvalue weighted by atomic mass is 16.6. The van der Waals surface area contributed by atoms with Crippen molar-refractivity contribution in [1.82, 2.24) is 9.78 Å². The maximum Gasteiger partial charge on any atom is 0.392 e. The highest BCUT2D eigenvalue weighted by Crippen LogP contribution is 2.16. The third-order valence-electron chi connectivity index (χ3n) is 2.19. The van der Waals surface area contributed by atoms with E-state index >= 15 is 0 Å². The molecule has 0 saturated heterocycles. The number of aliphatic hydroxyl groups is 1. The number of esters is 1. The lowest BCUT2D eigenvalue weighted by Gasteiger charge is -2.18. The van der Waals surface area contributed by atoms with Crippen molar-refractivity contribution >= 4 is 11.8 Å². The second-order valence-corrected chi connectivity index (χ2v) is 3.86. The van der Waals surface area contributed by atoms with Gasteiger partial charge in [0, 0.05) is 0 Å². The normalized spacial score (nSPS) is 14.1. The van der Waals surface area contributed by atoms with Crippen LogP contribution in [0.25, 0.3) is 0 Å². The van der Waals surface area contributed by atoms with Gasteiger partial charge in [0.05, 0.1) is 24.0 Å². The van der Waals surface area contributed by atoms with Crippen LogP contribution < -0.4 is 0 Å². The Bertz CT molecular complexity index is 451. The van der Waals surface area contributed by atoms with Crippen LogP contribution in [-0.4, -0.2) is 38.5 Å². The van der Waals surface area contributed by atoms with Crippen molar-refractivity contribution in [3.8, 4) is 0 Å². The van der Waals surface area contributed by atoms with Gasteiger partial charge in [-0.25, -0.2) is 4.79 Å². The van der Waals surface area contributed by atoms with Crippen LogP contribution in [0.15, 0.2) is 6.20 Å². The summed E-state index contributed by atoms with van der Waals surface area (Å²) in [5.74, 6) is -1.13. The number of hydrogen-bond donors (Lipinski definition) is 1. The topological polar surface area (TPSA) is 107 Å².